The molecule has 1 atom stereocenters. The Bertz CT molecular complexity index is 852. The van der Waals surface area contributed by atoms with Gasteiger partial charge in [-0.3, -0.25) is 4.79 Å². The molecule has 1 amide bonds. The number of para-hydroxylation sites is 1. The number of anilines is 1. The van der Waals surface area contributed by atoms with Gasteiger partial charge in [0.1, 0.15) is 5.58 Å². The molecule has 1 N–H and O–H groups in total. The third kappa shape index (κ3) is 3.58. The smallest absolute Gasteiger partial charge is 0.375 e. The zero-order chi connectivity index (χ0) is 17.1. The average molecular weight is 344 g/mol. The fraction of sp³-hybridized carbons (Fsp3) is 0.111. The van der Waals surface area contributed by atoms with E-state index in [0.29, 0.717) is 16.3 Å². The van der Waals surface area contributed by atoms with Crippen molar-refractivity contribution < 1.29 is 18.7 Å². The van der Waals surface area contributed by atoms with E-state index < -0.39 is 18.0 Å². The maximum absolute atomic E-state index is 12.1. The second-order valence-electron chi connectivity index (χ2n) is 5.19. The number of carbonyl (C=O) groups excluding carboxylic acids is 2. The van der Waals surface area contributed by atoms with Crippen LogP contribution in [-0.4, -0.2) is 18.0 Å². The molecule has 2 aromatic carbocycles. The number of esters is 1. The van der Waals surface area contributed by atoms with E-state index in [1.165, 1.54) is 6.92 Å². The van der Waals surface area contributed by atoms with Gasteiger partial charge in [-0.25, -0.2) is 4.79 Å². The molecule has 3 rings (SSSR count). The topological polar surface area (TPSA) is 68.5 Å². The number of halogens is 1. The normalized spacial score (nSPS) is 11.9. The first kappa shape index (κ1) is 16.1. The Kier molecular flexibility index (Phi) is 4.53. The fourth-order valence-electron chi connectivity index (χ4n) is 2.13. The largest absolute Gasteiger partial charge is 0.449 e. The van der Waals surface area contributed by atoms with Crippen molar-refractivity contribution in [2.45, 2.75) is 13.0 Å². The van der Waals surface area contributed by atoms with Crippen molar-refractivity contribution >= 4 is 40.1 Å². The van der Waals surface area contributed by atoms with Crippen LogP contribution in [0.15, 0.2) is 59.0 Å². The Labute approximate surface area is 143 Å². The fourth-order valence-corrected chi connectivity index (χ4v) is 2.26. The van der Waals surface area contributed by atoms with Gasteiger partial charge < -0.3 is 14.5 Å². The highest BCUT2D eigenvalue weighted by molar-refractivity contribution is 6.30. The highest BCUT2D eigenvalue weighted by Crippen LogP contribution is 2.20. The molecule has 122 valence electrons. The number of amides is 1. The van der Waals surface area contributed by atoms with Crippen LogP contribution < -0.4 is 5.32 Å². The second-order valence-corrected chi connectivity index (χ2v) is 5.63. The summed E-state index contributed by atoms with van der Waals surface area (Å²) >= 11 is 5.79. The Morgan fingerprint density at radius 1 is 1.12 bits per heavy atom. The number of nitrogens with one attached hydrogen (secondary N) is 1. The summed E-state index contributed by atoms with van der Waals surface area (Å²) in [6, 6.07) is 15.4. The van der Waals surface area contributed by atoms with Gasteiger partial charge in [0.15, 0.2) is 6.10 Å². The van der Waals surface area contributed by atoms with Crippen molar-refractivity contribution in [2.75, 3.05) is 5.32 Å². The van der Waals surface area contributed by atoms with E-state index in [2.05, 4.69) is 5.32 Å². The number of rotatable bonds is 4. The highest BCUT2D eigenvalue weighted by atomic mass is 35.5. The van der Waals surface area contributed by atoms with Crippen LogP contribution in [0.3, 0.4) is 0 Å². The lowest BCUT2D eigenvalue weighted by molar-refractivity contribution is -0.123. The highest BCUT2D eigenvalue weighted by Gasteiger charge is 2.21. The van der Waals surface area contributed by atoms with E-state index >= 15 is 0 Å². The molecule has 0 spiro atoms. The van der Waals surface area contributed by atoms with Crippen molar-refractivity contribution in [2.24, 2.45) is 0 Å². The Balaban J connectivity index is 1.64. The summed E-state index contributed by atoms with van der Waals surface area (Å²) in [7, 11) is 0. The third-order valence-corrected chi connectivity index (χ3v) is 3.64. The predicted octanol–water partition coefficient (Wildman–Crippen LogP) is 4.27. The first-order valence-corrected chi connectivity index (χ1v) is 7.67. The molecule has 0 aliphatic heterocycles. The van der Waals surface area contributed by atoms with E-state index in [4.69, 9.17) is 20.8 Å². The first-order valence-electron chi connectivity index (χ1n) is 7.29. The van der Waals surface area contributed by atoms with Gasteiger partial charge in [0.25, 0.3) is 5.91 Å². The number of furan rings is 1. The van der Waals surface area contributed by atoms with Crippen molar-refractivity contribution in [3.63, 3.8) is 0 Å². The van der Waals surface area contributed by atoms with Gasteiger partial charge in [-0.05, 0) is 43.3 Å². The van der Waals surface area contributed by atoms with Crippen LogP contribution in [0.2, 0.25) is 5.02 Å². The van der Waals surface area contributed by atoms with Gasteiger partial charge in [0.05, 0.1) is 0 Å². The average Bonchev–Trinajstić information content (AvgIpc) is 3.01. The lowest BCUT2D eigenvalue weighted by Gasteiger charge is -2.12. The Morgan fingerprint density at radius 3 is 2.54 bits per heavy atom. The number of carbonyl (C=O) groups is 2. The van der Waals surface area contributed by atoms with Crippen LogP contribution in [0.5, 0.6) is 0 Å². The predicted molar refractivity (Wildman–Crippen MR) is 91.2 cm³/mol. The summed E-state index contributed by atoms with van der Waals surface area (Å²) in [5.74, 6) is -1.07. The molecule has 3 aromatic rings. The number of benzene rings is 2. The molecule has 0 saturated heterocycles. The molecule has 1 aromatic heterocycles. The van der Waals surface area contributed by atoms with Crippen molar-refractivity contribution in [3.8, 4) is 0 Å². The Morgan fingerprint density at radius 2 is 1.83 bits per heavy atom. The minimum Gasteiger partial charge on any atom is -0.449 e. The van der Waals surface area contributed by atoms with Gasteiger partial charge in [0, 0.05) is 16.1 Å². The molecule has 5 nitrogen and oxygen atoms in total. The molecule has 6 heteroatoms. The first-order chi connectivity index (χ1) is 11.5. The summed E-state index contributed by atoms with van der Waals surface area (Å²) < 4.78 is 10.6. The number of ether oxygens (including phenoxy) is 1. The standard InChI is InChI=1S/C18H14ClNO4/c1-11(17(21)20-14-8-6-13(19)7-9-14)23-18(22)16-10-12-4-2-3-5-15(12)24-16/h2-11H,1H3,(H,20,21)/t11-/m0/s1. The molecular weight excluding hydrogens is 330 g/mol. The SMILES string of the molecule is C[C@H](OC(=O)c1cc2ccccc2o1)C(=O)Nc1ccc(Cl)cc1. The van der Waals surface area contributed by atoms with Crippen molar-refractivity contribution in [3.05, 3.63) is 65.4 Å². The van der Waals surface area contributed by atoms with Crippen molar-refractivity contribution in [1.29, 1.82) is 0 Å². The molecule has 0 fully saturated rings. The van der Waals surface area contributed by atoms with Crippen LogP contribution in [0.1, 0.15) is 17.5 Å². The molecule has 0 bridgehead atoms. The number of fused-ring (bicyclic) bond motifs is 1. The van der Waals surface area contributed by atoms with Crippen molar-refractivity contribution in [1.82, 2.24) is 0 Å². The minimum absolute atomic E-state index is 0.0577. The van der Waals surface area contributed by atoms with Gasteiger partial charge in [-0.15, -0.1) is 0 Å². The summed E-state index contributed by atoms with van der Waals surface area (Å²) in [6.45, 7) is 1.49. The maximum atomic E-state index is 12.1. The van der Waals surface area contributed by atoms with E-state index in [9.17, 15) is 9.59 Å². The van der Waals surface area contributed by atoms with Crippen LogP contribution in [0.4, 0.5) is 5.69 Å². The molecule has 1 heterocycles. The quantitative estimate of drug-likeness (QED) is 0.718. The lowest BCUT2D eigenvalue weighted by Crippen LogP contribution is -2.29. The number of hydrogen-bond donors (Lipinski definition) is 1. The molecular formula is C18H14ClNO4. The summed E-state index contributed by atoms with van der Waals surface area (Å²) in [6.07, 6.45) is -0.971. The lowest BCUT2D eigenvalue weighted by atomic mass is 10.2. The van der Waals surface area contributed by atoms with E-state index in [-0.39, 0.29) is 5.76 Å². The summed E-state index contributed by atoms with van der Waals surface area (Å²) in [5.41, 5.74) is 1.15. The van der Waals surface area contributed by atoms with Crippen LogP contribution in [0, 0.1) is 0 Å². The number of hydrogen-bond acceptors (Lipinski definition) is 4. The van der Waals surface area contributed by atoms with Gasteiger partial charge in [-0.2, -0.15) is 0 Å². The summed E-state index contributed by atoms with van der Waals surface area (Å²) in [5, 5.41) is 4.01. The molecule has 0 aliphatic rings. The monoisotopic (exact) mass is 343 g/mol. The molecule has 0 radical (unpaired) electrons. The van der Waals surface area contributed by atoms with E-state index in [0.717, 1.165) is 5.39 Å². The summed E-state index contributed by atoms with van der Waals surface area (Å²) in [4.78, 5) is 24.2. The van der Waals surface area contributed by atoms with Crippen LogP contribution >= 0.6 is 11.6 Å². The molecule has 24 heavy (non-hydrogen) atoms. The van der Waals surface area contributed by atoms with E-state index in [1.54, 1.807) is 36.4 Å². The minimum atomic E-state index is -0.971. The maximum Gasteiger partial charge on any atom is 0.375 e. The zero-order valence-electron chi connectivity index (χ0n) is 12.8. The molecule has 0 aliphatic carbocycles. The van der Waals surface area contributed by atoms with Gasteiger partial charge >= 0.3 is 5.97 Å². The second kappa shape index (κ2) is 6.76. The van der Waals surface area contributed by atoms with E-state index in [1.807, 2.05) is 18.2 Å². The van der Waals surface area contributed by atoms with Crippen LogP contribution in [-0.2, 0) is 9.53 Å². The van der Waals surface area contributed by atoms with Crippen LogP contribution in [0.25, 0.3) is 11.0 Å². The zero-order valence-corrected chi connectivity index (χ0v) is 13.5. The molecule has 0 saturated carbocycles. The van der Waals surface area contributed by atoms with Gasteiger partial charge in [-0.1, -0.05) is 29.8 Å². The Hall–Kier alpha value is -2.79. The third-order valence-electron chi connectivity index (χ3n) is 3.39. The molecule has 0 unspecified atom stereocenters. The van der Waals surface area contributed by atoms with Gasteiger partial charge in [0.2, 0.25) is 5.76 Å².